The Hall–Kier alpha value is -1.55. The zero-order valence-corrected chi connectivity index (χ0v) is 11.2. The van der Waals surface area contributed by atoms with Crippen molar-refractivity contribution in [2.45, 2.75) is 38.2 Å². The lowest BCUT2D eigenvalue weighted by molar-refractivity contribution is -0.0109. The lowest BCUT2D eigenvalue weighted by Gasteiger charge is -2.35. The summed E-state index contributed by atoms with van der Waals surface area (Å²) in [7, 11) is 0. The van der Waals surface area contributed by atoms with Gasteiger partial charge in [-0.15, -0.1) is 0 Å². The van der Waals surface area contributed by atoms with Crippen LogP contribution in [0, 0.1) is 5.92 Å². The van der Waals surface area contributed by atoms with Crippen LogP contribution < -0.4 is 5.32 Å². The summed E-state index contributed by atoms with van der Waals surface area (Å²) in [6, 6.07) is 6.09. The Morgan fingerprint density at radius 2 is 2.11 bits per heavy atom. The Bertz CT molecular complexity index is 443. The van der Waals surface area contributed by atoms with Crippen LogP contribution in [0.5, 0.6) is 5.75 Å². The molecule has 1 aromatic rings. The molecule has 1 saturated carbocycles. The van der Waals surface area contributed by atoms with Gasteiger partial charge in [-0.3, -0.25) is 4.79 Å². The van der Waals surface area contributed by atoms with E-state index in [1.165, 1.54) is 12.1 Å². The maximum atomic E-state index is 11.9. The molecule has 1 aromatic carbocycles. The first-order valence-electron chi connectivity index (χ1n) is 6.78. The number of hydrogen-bond donors (Lipinski definition) is 3. The number of phenols is 1. The molecule has 1 aliphatic rings. The lowest BCUT2D eigenvalue weighted by Crippen LogP contribution is -2.45. The highest BCUT2D eigenvalue weighted by atomic mass is 16.3. The Morgan fingerprint density at radius 1 is 1.42 bits per heavy atom. The van der Waals surface area contributed by atoms with Crippen molar-refractivity contribution in [3.05, 3.63) is 29.8 Å². The minimum atomic E-state index is -0.774. The van der Waals surface area contributed by atoms with Gasteiger partial charge in [0.1, 0.15) is 5.75 Å². The summed E-state index contributed by atoms with van der Waals surface area (Å²) in [5.41, 5.74) is -0.283. The zero-order chi connectivity index (χ0) is 13.9. The molecular formula is C15H21NO3. The molecule has 0 aromatic heterocycles. The number of nitrogens with one attached hydrogen (secondary N) is 1. The van der Waals surface area contributed by atoms with Crippen molar-refractivity contribution in [1.29, 1.82) is 0 Å². The molecule has 2 unspecified atom stereocenters. The van der Waals surface area contributed by atoms with Gasteiger partial charge < -0.3 is 15.5 Å². The smallest absolute Gasteiger partial charge is 0.251 e. The van der Waals surface area contributed by atoms with E-state index in [0.29, 0.717) is 11.5 Å². The summed E-state index contributed by atoms with van der Waals surface area (Å²) in [6.07, 6.45) is 3.64. The molecule has 4 nitrogen and oxygen atoms in total. The van der Waals surface area contributed by atoms with Gasteiger partial charge in [0.05, 0.1) is 5.60 Å². The second-order valence-corrected chi connectivity index (χ2v) is 5.66. The third kappa shape index (κ3) is 3.70. The second-order valence-electron chi connectivity index (χ2n) is 5.66. The molecule has 0 aliphatic heterocycles. The predicted molar refractivity (Wildman–Crippen MR) is 73.0 cm³/mol. The van der Waals surface area contributed by atoms with Crippen molar-refractivity contribution in [1.82, 2.24) is 5.32 Å². The fourth-order valence-corrected chi connectivity index (χ4v) is 2.75. The molecule has 2 atom stereocenters. The standard InChI is InChI=1S/C15H21NO3/c1-11-3-2-8-15(19,9-11)10-16-14(18)12-4-6-13(17)7-5-12/h4-7,11,17,19H,2-3,8-10H2,1H3,(H,16,18). The minimum Gasteiger partial charge on any atom is -0.508 e. The van der Waals surface area contributed by atoms with Crippen molar-refractivity contribution >= 4 is 5.91 Å². The number of carbonyl (C=O) groups is 1. The molecule has 3 N–H and O–H groups in total. The Kier molecular flexibility index (Phi) is 4.10. The van der Waals surface area contributed by atoms with Gasteiger partial charge in [0.25, 0.3) is 5.91 Å². The number of phenolic OH excluding ortho intramolecular Hbond substituents is 1. The van der Waals surface area contributed by atoms with Gasteiger partial charge in [0, 0.05) is 12.1 Å². The highest BCUT2D eigenvalue weighted by Gasteiger charge is 2.32. The highest BCUT2D eigenvalue weighted by molar-refractivity contribution is 5.94. The van der Waals surface area contributed by atoms with E-state index in [0.717, 1.165) is 25.7 Å². The third-order valence-corrected chi connectivity index (χ3v) is 3.77. The van der Waals surface area contributed by atoms with E-state index in [1.54, 1.807) is 12.1 Å². The quantitative estimate of drug-likeness (QED) is 0.782. The van der Waals surface area contributed by atoms with E-state index in [2.05, 4.69) is 12.2 Å². The molecule has 0 radical (unpaired) electrons. The summed E-state index contributed by atoms with van der Waals surface area (Å²) >= 11 is 0. The topological polar surface area (TPSA) is 69.6 Å². The number of aromatic hydroxyl groups is 1. The van der Waals surface area contributed by atoms with Crippen molar-refractivity contribution in [3.8, 4) is 5.75 Å². The van der Waals surface area contributed by atoms with Gasteiger partial charge in [-0.2, -0.15) is 0 Å². The zero-order valence-electron chi connectivity index (χ0n) is 11.2. The summed E-state index contributed by atoms with van der Waals surface area (Å²) in [4.78, 5) is 11.9. The second kappa shape index (κ2) is 5.61. The van der Waals surface area contributed by atoms with Crippen molar-refractivity contribution in [2.75, 3.05) is 6.54 Å². The first-order valence-corrected chi connectivity index (χ1v) is 6.78. The molecule has 1 fully saturated rings. The average molecular weight is 263 g/mol. The fourth-order valence-electron chi connectivity index (χ4n) is 2.75. The van der Waals surface area contributed by atoms with Crippen LogP contribution in [-0.4, -0.2) is 28.3 Å². The van der Waals surface area contributed by atoms with E-state index in [-0.39, 0.29) is 18.2 Å². The predicted octanol–water partition coefficient (Wildman–Crippen LogP) is 2.06. The van der Waals surface area contributed by atoms with Crippen LogP contribution in [0.25, 0.3) is 0 Å². The Balaban J connectivity index is 1.91. The molecule has 0 saturated heterocycles. The van der Waals surface area contributed by atoms with Crippen LogP contribution in [0.15, 0.2) is 24.3 Å². The monoisotopic (exact) mass is 263 g/mol. The van der Waals surface area contributed by atoms with Gasteiger partial charge in [0.15, 0.2) is 0 Å². The first kappa shape index (κ1) is 13.9. The number of benzene rings is 1. The number of rotatable bonds is 3. The molecular weight excluding hydrogens is 242 g/mol. The maximum absolute atomic E-state index is 11.9. The van der Waals surface area contributed by atoms with E-state index in [4.69, 9.17) is 0 Å². The molecule has 0 heterocycles. The highest BCUT2D eigenvalue weighted by Crippen LogP contribution is 2.31. The van der Waals surface area contributed by atoms with Gasteiger partial charge >= 0.3 is 0 Å². The van der Waals surface area contributed by atoms with E-state index >= 15 is 0 Å². The van der Waals surface area contributed by atoms with Gasteiger partial charge in [0.2, 0.25) is 0 Å². The van der Waals surface area contributed by atoms with Crippen molar-refractivity contribution in [3.63, 3.8) is 0 Å². The van der Waals surface area contributed by atoms with Crippen LogP contribution >= 0.6 is 0 Å². The van der Waals surface area contributed by atoms with Crippen LogP contribution in [0.4, 0.5) is 0 Å². The van der Waals surface area contributed by atoms with Crippen LogP contribution in [0.2, 0.25) is 0 Å². The summed E-state index contributed by atoms with van der Waals surface area (Å²) in [5.74, 6) is 0.423. The lowest BCUT2D eigenvalue weighted by atomic mass is 9.79. The van der Waals surface area contributed by atoms with Crippen LogP contribution in [0.1, 0.15) is 43.0 Å². The van der Waals surface area contributed by atoms with Crippen molar-refractivity contribution < 1.29 is 15.0 Å². The molecule has 104 valence electrons. The van der Waals surface area contributed by atoms with E-state index < -0.39 is 5.60 Å². The number of aliphatic hydroxyl groups is 1. The van der Waals surface area contributed by atoms with Gasteiger partial charge in [-0.05, 0) is 43.0 Å². The Morgan fingerprint density at radius 3 is 2.74 bits per heavy atom. The van der Waals surface area contributed by atoms with Crippen LogP contribution in [0.3, 0.4) is 0 Å². The molecule has 1 amide bonds. The number of hydrogen-bond acceptors (Lipinski definition) is 3. The van der Waals surface area contributed by atoms with Crippen molar-refractivity contribution in [2.24, 2.45) is 5.92 Å². The summed E-state index contributed by atoms with van der Waals surface area (Å²) < 4.78 is 0. The van der Waals surface area contributed by atoms with E-state index in [9.17, 15) is 15.0 Å². The molecule has 2 rings (SSSR count). The summed E-state index contributed by atoms with van der Waals surface area (Å²) in [6.45, 7) is 2.42. The first-order chi connectivity index (χ1) is 8.98. The minimum absolute atomic E-state index is 0.135. The Labute approximate surface area is 113 Å². The largest absolute Gasteiger partial charge is 0.508 e. The molecule has 0 bridgehead atoms. The maximum Gasteiger partial charge on any atom is 0.251 e. The SMILES string of the molecule is CC1CCCC(O)(CNC(=O)c2ccc(O)cc2)C1. The molecule has 19 heavy (non-hydrogen) atoms. The van der Waals surface area contributed by atoms with E-state index in [1.807, 2.05) is 0 Å². The van der Waals surface area contributed by atoms with Gasteiger partial charge in [-0.1, -0.05) is 19.8 Å². The molecule has 0 spiro atoms. The van der Waals surface area contributed by atoms with Crippen LogP contribution in [-0.2, 0) is 0 Å². The normalized spacial score (nSPS) is 26.9. The summed E-state index contributed by atoms with van der Waals surface area (Å²) in [5, 5.41) is 22.4. The molecule has 4 heteroatoms. The van der Waals surface area contributed by atoms with Gasteiger partial charge in [-0.25, -0.2) is 0 Å². The number of carbonyl (C=O) groups excluding carboxylic acids is 1. The third-order valence-electron chi connectivity index (χ3n) is 3.77. The average Bonchev–Trinajstić information content (AvgIpc) is 2.37. The number of amides is 1. The molecule has 1 aliphatic carbocycles. The fraction of sp³-hybridized carbons (Fsp3) is 0.533.